The van der Waals surface area contributed by atoms with E-state index >= 15 is 0 Å². The lowest BCUT2D eigenvalue weighted by Crippen LogP contribution is -2.44. The maximum Gasteiger partial charge on any atom is 0.289 e. The first kappa shape index (κ1) is 14.0. The van der Waals surface area contributed by atoms with E-state index in [1.807, 2.05) is 4.90 Å². The number of hydrogen-bond donors (Lipinski definition) is 0. The fraction of sp³-hybridized carbons (Fsp3) is 0.471. The average molecular weight is 316 g/mol. The van der Waals surface area contributed by atoms with Crippen LogP contribution in [0.2, 0.25) is 0 Å². The van der Waals surface area contributed by atoms with Crippen LogP contribution in [0.3, 0.4) is 0 Å². The Hall–Kier alpha value is -1.59. The predicted octanol–water partition coefficient (Wildman–Crippen LogP) is 3.08. The van der Waals surface area contributed by atoms with E-state index in [0.717, 1.165) is 26.2 Å². The lowest BCUT2D eigenvalue weighted by Gasteiger charge is -2.36. The van der Waals surface area contributed by atoms with Crippen LogP contribution in [0.25, 0.3) is 0 Å². The standard InChI is InChI=1S/C17H20N2O2S/c20-17(16-4-2-7-21-16)19-10-14-3-1-6-18(15(14)11-19)9-13-5-8-22-12-13/h2,4-5,7-8,12,14-15H,1,3,6,9-11H2/t14-,15+/m0/s1. The molecule has 0 radical (unpaired) electrons. The predicted molar refractivity (Wildman–Crippen MR) is 85.9 cm³/mol. The van der Waals surface area contributed by atoms with Gasteiger partial charge in [0.05, 0.1) is 6.26 Å². The maximum absolute atomic E-state index is 12.5. The van der Waals surface area contributed by atoms with Crippen molar-refractivity contribution in [1.29, 1.82) is 0 Å². The van der Waals surface area contributed by atoms with E-state index < -0.39 is 0 Å². The SMILES string of the molecule is O=C(c1ccco1)N1C[C@@H]2CCCN(Cc3ccsc3)[C@@H]2C1. The molecule has 4 nitrogen and oxygen atoms in total. The number of fused-ring (bicyclic) bond motifs is 1. The van der Waals surface area contributed by atoms with Crippen LogP contribution in [-0.2, 0) is 6.54 Å². The third-order valence-corrected chi connectivity index (χ3v) is 5.61. The molecule has 22 heavy (non-hydrogen) atoms. The summed E-state index contributed by atoms with van der Waals surface area (Å²) in [5, 5.41) is 4.36. The number of amides is 1. The molecular formula is C17H20N2O2S. The molecule has 116 valence electrons. The number of nitrogens with zero attached hydrogens (tertiary/aromatic N) is 2. The smallest absolute Gasteiger partial charge is 0.289 e. The number of carbonyl (C=O) groups excluding carboxylic acids is 1. The molecule has 2 aromatic rings. The summed E-state index contributed by atoms with van der Waals surface area (Å²) in [5.41, 5.74) is 1.39. The van der Waals surface area contributed by atoms with Gasteiger partial charge in [-0.3, -0.25) is 9.69 Å². The van der Waals surface area contributed by atoms with Crippen LogP contribution in [0.15, 0.2) is 39.6 Å². The van der Waals surface area contributed by atoms with Crippen LogP contribution >= 0.6 is 11.3 Å². The fourth-order valence-corrected chi connectivity index (χ4v) is 4.47. The molecule has 2 saturated heterocycles. The van der Waals surface area contributed by atoms with Crippen molar-refractivity contribution in [2.45, 2.75) is 25.4 Å². The fourth-order valence-electron chi connectivity index (χ4n) is 3.81. The van der Waals surface area contributed by atoms with E-state index in [9.17, 15) is 4.79 Å². The molecule has 1 amide bonds. The van der Waals surface area contributed by atoms with Gasteiger partial charge in [-0.2, -0.15) is 11.3 Å². The normalized spacial score (nSPS) is 25.4. The van der Waals surface area contributed by atoms with Gasteiger partial charge in [-0.15, -0.1) is 0 Å². The van der Waals surface area contributed by atoms with Gasteiger partial charge in [0, 0.05) is 25.7 Å². The van der Waals surface area contributed by atoms with E-state index in [1.165, 1.54) is 18.4 Å². The first-order chi connectivity index (χ1) is 10.8. The number of likely N-dealkylation sites (tertiary alicyclic amines) is 2. The molecule has 2 fully saturated rings. The van der Waals surface area contributed by atoms with Crippen molar-refractivity contribution < 1.29 is 9.21 Å². The first-order valence-electron chi connectivity index (χ1n) is 7.89. The zero-order valence-electron chi connectivity index (χ0n) is 12.5. The Morgan fingerprint density at radius 2 is 2.32 bits per heavy atom. The van der Waals surface area contributed by atoms with Crippen molar-refractivity contribution in [3.05, 3.63) is 46.5 Å². The Morgan fingerprint density at radius 1 is 1.36 bits per heavy atom. The summed E-state index contributed by atoms with van der Waals surface area (Å²) in [4.78, 5) is 17.0. The van der Waals surface area contributed by atoms with Crippen LogP contribution in [0.1, 0.15) is 29.0 Å². The zero-order chi connectivity index (χ0) is 14.9. The number of thiophene rings is 1. The van der Waals surface area contributed by atoms with Crippen LogP contribution in [0.4, 0.5) is 0 Å². The molecular weight excluding hydrogens is 296 g/mol. The zero-order valence-corrected chi connectivity index (χ0v) is 13.3. The van der Waals surface area contributed by atoms with Gasteiger partial charge in [0.25, 0.3) is 5.91 Å². The number of carbonyl (C=O) groups is 1. The highest BCUT2D eigenvalue weighted by atomic mass is 32.1. The molecule has 2 atom stereocenters. The van der Waals surface area contributed by atoms with Crippen molar-refractivity contribution in [3.63, 3.8) is 0 Å². The van der Waals surface area contributed by atoms with E-state index in [2.05, 4.69) is 21.7 Å². The number of piperidine rings is 1. The average Bonchev–Trinajstić information content (AvgIpc) is 3.28. The molecule has 0 aliphatic carbocycles. The summed E-state index contributed by atoms with van der Waals surface area (Å²) in [6, 6.07) is 6.23. The number of furan rings is 1. The lowest BCUT2D eigenvalue weighted by atomic mass is 9.92. The minimum Gasteiger partial charge on any atom is -0.459 e. The monoisotopic (exact) mass is 316 g/mol. The molecule has 0 N–H and O–H groups in total. The van der Waals surface area contributed by atoms with E-state index in [1.54, 1.807) is 29.7 Å². The maximum atomic E-state index is 12.5. The molecule has 0 aromatic carbocycles. The number of hydrogen-bond acceptors (Lipinski definition) is 4. The first-order valence-corrected chi connectivity index (χ1v) is 8.83. The molecule has 0 spiro atoms. The summed E-state index contributed by atoms with van der Waals surface area (Å²) in [6.07, 6.45) is 4.03. The van der Waals surface area contributed by atoms with E-state index in [0.29, 0.717) is 17.7 Å². The van der Waals surface area contributed by atoms with Crippen molar-refractivity contribution in [2.24, 2.45) is 5.92 Å². The second-order valence-electron chi connectivity index (χ2n) is 6.26. The Bertz CT molecular complexity index is 623. The molecule has 2 aromatic heterocycles. The lowest BCUT2D eigenvalue weighted by molar-refractivity contribution is 0.0743. The second kappa shape index (κ2) is 5.89. The molecule has 2 aliphatic rings. The van der Waals surface area contributed by atoms with Crippen molar-refractivity contribution in [2.75, 3.05) is 19.6 Å². The van der Waals surface area contributed by atoms with Crippen LogP contribution in [0, 0.1) is 5.92 Å². The van der Waals surface area contributed by atoms with Gasteiger partial charge in [0.1, 0.15) is 0 Å². The summed E-state index contributed by atoms with van der Waals surface area (Å²) < 4.78 is 5.27. The van der Waals surface area contributed by atoms with Crippen molar-refractivity contribution >= 4 is 17.2 Å². The summed E-state index contributed by atoms with van der Waals surface area (Å²) >= 11 is 1.75. The minimum absolute atomic E-state index is 0.0369. The van der Waals surface area contributed by atoms with Gasteiger partial charge < -0.3 is 9.32 Å². The van der Waals surface area contributed by atoms with Crippen LogP contribution < -0.4 is 0 Å². The van der Waals surface area contributed by atoms with Crippen LogP contribution in [0.5, 0.6) is 0 Å². The van der Waals surface area contributed by atoms with Crippen molar-refractivity contribution in [1.82, 2.24) is 9.80 Å². The topological polar surface area (TPSA) is 36.7 Å². The third kappa shape index (κ3) is 2.59. The molecule has 0 unspecified atom stereocenters. The minimum atomic E-state index is 0.0369. The van der Waals surface area contributed by atoms with Gasteiger partial charge in [-0.1, -0.05) is 0 Å². The van der Waals surface area contributed by atoms with Gasteiger partial charge >= 0.3 is 0 Å². The van der Waals surface area contributed by atoms with Gasteiger partial charge in [-0.25, -0.2) is 0 Å². The highest BCUT2D eigenvalue weighted by molar-refractivity contribution is 7.07. The highest BCUT2D eigenvalue weighted by Gasteiger charge is 2.41. The summed E-state index contributed by atoms with van der Waals surface area (Å²) in [7, 11) is 0. The van der Waals surface area contributed by atoms with E-state index in [-0.39, 0.29) is 5.91 Å². The van der Waals surface area contributed by atoms with Crippen molar-refractivity contribution in [3.8, 4) is 0 Å². The Morgan fingerprint density at radius 3 is 3.09 bits per heavy atom. The Balaban J connectivity index is 1.47. The Labute approximate surface area is 134 Å². The molecule has 4 heterocycles. The molecule has 5 heteroatoms. The Kier molecular flexibility index (Phi) is 3.76. The molecule has 0 bridgehead atoms. The third-order valence-electron chi connectivity index (χ3n) is 4.88. The quantitative estimate of drug-likeness (QED) is 0.873. The summed E-state index contributed by atoms with van der Waals surface area (Å²) in [6.45, 7) is 3.84. The molecule has 4 rings (SSSR count). The largest absolute Gasteiger partial charge is 0.459 e. The van der Waals surface area contributed by atoms with E-state index in [4.69, 9.17) is 4.42 Å². The highest BCUT2D eigenvalue weighted by Crippen LogP contribution is 2.32. The van der Waals surface area contributed by atoms with Gasteiger partial charge in [-0.05, 0) is 59.8 Å². The molecule has 0 saturated carbocycles. The van der Waals surface area contributed by atoms with Crippen LogP contribution in [-0.4, -0.2) is 41.4 Å². The second-order valence-corrected chi connectivity index (χ2v) is 7.04. The van der Waals surface area contributed by atoms with Gasteiger partial charge in [0.15, 0.2) is 5.76 Å². The number of rotatable bonds is 3. The van der Waals surface area contributed by atoms with Gasteiger partial charge in [0.2, 0.25) is 0 Å². The molecule has 2 aliphatic heterocycles. The summed E-state index contributed by atoms with van der Waals surface area (Å²) in [5.74, 6) is 1.10.